The van der Waals surface area contributed by atoms with Crippen molar-refractivity contribution in [2.75, 3.05) is 5.88 Å². The maximum atomic E-state index is 11.2. The summed E-state index contributed by atoms with van der Waals surface area (Å²) in [6.45, 7) is 6.98. The van der Waals surface area contributed by atoms with E-state index in [0.29, 0.717) is 0 Å². The molecule has 0 aromatic rings. The lowest BCUT2D eigenvalue weighted by atomic mass is 10.2. The van der Waals surface area contributed by atoms with Gasteiger partial charge in [0.2, 0.25) is 0 Å². The Morgan fingerprint density at radius 3 is 2.43 bits per heavy atom. The van der Waals surface area contributed by atoms with Crippen molar-refractivity contribution in [1.29, 1.82) is 0 Å². The number of carbonyl (C=O) groups is 1. The first-order chi connectivity index (χ1) is 6.26. The molecule has 4 nitrogen and oxygen atoms in total. The van der Waals surface area contributed by atoms with Crippen LogP contribution in [0, 0.1) is 0 Å². The highest BCUT2D eigenvalue weighted by Gasteiger charge is 2.20. The molecule has 0 fully saturated rings. The number of ether oxygens (including phenoxy) is 1. The summed E-state index contributed by atoms with van der Waals surface area (Å²) in [4.78, 5) is 11.2. The summed E-state index contributed by atoms with van der Waals surface area (Å²) in [5.41, 5.74) is -0.532. The summed E-state index contributed by atoms with van der Waals surface area (Å²) in [6, 6.07) is -0.414. The number of carbonyl (C=O) groups excluding carboxylic acids is 1. The molecule has 2 N–H and O–H groups in total. The third-order valence-corrected chi connectivity index (χ3v) is 1.80. The molecule has 2 atom stereocenters. The van der Waals surface area contributed by atoms with Crippen molar-refractivity contribution in [2.24, 2.45) is 0 Å². The van der Waals surface area contributed by atoms with Gasteiger partial charge in [-0.2, -0.15) is 0 Å². The number of halogens is 1. The van der Waals surface area contributed by atoms with E-state index in [1.165, 1.54) is 0 Å². The number of alkyl carbamates (subject to hydrolysis) is 1. The van der Waals surface area contributed by atoms with Gasteiger partial charge in [-0.15, -0.1) is 11.6 Å². The Bertz CT molecular complexity index is 191. The molecule has 0 saturated heterocycles. The standard InChI is InChI=1S/C9H18ClNO3/c1-6(7(12)5-10)11-8(13)14-9(2,3)4/h6-7,12H,5H2,1-4H3,(H,11,13). The molecule has 0 bridgehead atoms. The Kier molecular flexibility index (Phi) is 5.23. The lowest BCUT2D eigenvalue weighted by Gasteiger charge is -2.23. The van der Waals surface area contributed by atoms with Crippen LogP contribution in [0.4, 0.5) is 4.79 Å². The first-order valence-electron chi connectivity index (χ1n) is 4.50. The van der Waals surface area contributed by atoms with Gasteiger partial charge >= 0.3 is 6.09 Å². The van der Waals surface area contributed by atoms with Crippen LogP contribution >= 0.6 is 11.6 Å². The minimum Gasteiger partial charge on any atom is -0.444 e. The Balaban J connectivity index is 3.95. The van der Waals surface area contributed by atoms with E-state index in [0.717, 1.165) is 0 Å². The van der Waals surface area contributed by atoms with Gasteiger partial charge in [0.15, 0.2) is 0 Å². The molecule has 14 heavy (non-hydrogen) atoms. The van der Waals surface area contributed by atoms with Crippen LogP contribution in [0.1, 0.15) is 27.7 Å². The van der Waals surface area contributed by atoms with E-state index in [1.54, 1.807) is 27.7 Å². The molecule has 0 aliphatic rings. The van der Waals surface area contributed by atoms with E-state index in [1.807, 2.05) is 0 Å². The highest BCUT2D eigenvalue weighted by atomic mass is 35.5. The van der Waals surface area contributed by atoms with E-state index in [9.17, 15) is 9.90 Å². The summed E-state index contributed by atoms with van der Waals surface area (Å²) in [7, 11) is 0. The number of aliphatic hydroxyl groups excluding tert-OH is 1. The third kappa shape index (κ3) is 6.05. The molecular weight excluding hydrogens is 206 g/mol. The van der Waals surface area contributed by atoms with Crippen molar-refractivity contribution in [3.8, 4) is 0 Å². The Morgan fingerprint density at radius 2 is 2.07 bits per heavy atom. The molecule has 0 aliphatic heterocycles. The fraction of sp³-hybridized carbons (Fsp3) is 0.889. The van der Waals surface area contributed by atoms with Gasteiger partial charge < -0.3 is 15.2 Å². The highest BCUT2D eigenvalue weighted by molar-refractivity contribution is 6.18. The summed E-state index contributed by atoms with van der Waals surface area (Å²) < 4.78 is 5.00. The van der Waals surface area contributed by atoms with Crippen molar-refractivity contribution in [3.63, 3.8) is 0 Å². The van der Waals surface area contributed by atoms with Crippen molar-refractivity contribution >= 4 is 17.7 Å². The van der Waals surface area contributed by atoms with Crippen LogP contribution in [0.2, 0.25) is 0 Å². The molecule has 0 aliphatic carbocycles. The van der Waals surface area contributed by atoms with E-state index in [2.05, 4.69) is 5.32 Å². The zero-order valence-corrected chi connectivity index (χ0v) is 9.76. The topological polar surface area (TPSA) is 58.6 Å². The van der Waals surface area contributed by atoms with Crippen molar-refractivity contribution in [2.45, 2.75) is 45.4 Å². The molecule has 84 valence electrons. The first kappa shape index (κ1) is 13.5. The maximum Gasteiger partial charge on any atom is 0.407 e. The minimum absolute atomic E-state index is 0.0803. The van der Waals surface area contributed by atoms with E-state index >= 15 is 0 Å². The van der Waals surface area contributed by atoms with E-state index < -0.39 is 23.8 Å². The molecule has 2 unspecified atom stereocenters. The monoisotopic (exact) mass is 223 g/mol. The Labute approximate surface area is 89.6 Å². The van der Waals surface area contributed by atoms with Gasteiger partial charge in [0.05, 0.1) is 18.0 Å². The summed E-state index contributed by atoms with van der Waals surface area (Å²) >= 11 is 5.42. The van der Waals surface area contributed by atoms with Gasteiger partial charge in [0.25, 0.3) is 0 Å². The molecule has 0 saturated carbocycles. The summed E-state index contributed by atoms with van der Waals surface area (Å²) in [6.07, 6.45) is -1.31. The number of hydrogen-bond acceptors (Lipinski definition) is 3. The predicted octanol–water partition coefficient (Wildman–Crippen LogP) is 1.50. The first-order valence-corrected chi connectivity index (χ1v) is 5.03. The lowest BCUT2D eigenvalue weighted by Crippen LogP contribution is -2.44. The molecule has 0 aromatic carbocycles. The van der Waals surface area contributed by atoms with Crippen LogP contribution in [0.3, 0.4) is 0 Å². The number of alkyl halides is 1. The molecular formula is C9H18ClNO3. The molecule has 0 radical (unpaired) electrons. The van der Waals surface area contributed by atoms with Crippen LogP contribution in [0.25, 0.3) is 0 Å². The quantitative estimate of drug-likeness (QED) is 0.713. The minimum atomic E-state index is -0.760. The predicted molar refractivity (Wildman–Crippen MR) is 55.6 cm³/mol. The number of nitrogens with one attached hydrogen (secondary N) is 1. The normalized spacial score (nSPS) is 15.9. The van der Waals surface area contributed by atoms with Crippen molar-refractivity contribution in [3.05, 3.63) is 0 Å². The fourth-order valence-corrected chi connectivity index (χ4v) is 0.991. The second kappa shape index (κ2) is 5.41. The smallest absolute Gasteiger partial charge is 0.407 e. The number of hydrogen-bond donors (Lipinski definition) is 2. The molecule has 0 spiro atoms. The molecule has 1 amide bonds. The van der Waals surface area contributed by atoms with E-state index in [4.69, 9.17) is 16.3 Å². The van der Waals surface area contributed by atoms with Gasteiger partial charge in [0, 0.05) is 0 Å². The zero-order valence-electron chi connectivity index (χ0n) is 9.00. The van der Waals surface area contributed by atoms with Gasteiger partial charge in [-0.1, -0.05) is 0 Å². The molecule has 5 heteroatoms. The SMILES string of the molecule is CC(NC(=O)OC(C)(C)C)C(O)CCl. The van der Waals surface area contributed by atoms with Crippen molar-refractivity contribution < 1.29 is 14.6 Å². The van der Waals surface area contributed by atoms with Crippen molar-refractivity contribution in [1.82, 2.24) is 5.32 Å². The fourth-order valence-electron chi connectivity index (χ4n) is 0.723. The molecule has 0 heterocycles. The van der Waals surface area contributed by atoms with Crippen LogP contribution in [-0.4, -0.2) is 34.8 Å². The number of amides is 1. The van der Waals surface area contributed by atoms with E-state index in [-0.39, 0.29) is 5.88 Å². The van der Waals surface area contributed by atoms with Gasteiger partial charge in [-0.3, -0.25) is 0 Å². The molecule has 0 aromatic heterocycles. The van der Waals surface area contributed by atoms with Gasteiger partial charge in [-0.05, 0) is 27.7 Å². The number of aliphatic hydroxyl groups is 1. The Morgan fingerprint density at radius 1 is 1.57 bits per heavy atom. The van der Waals surface area contributed by atoms with Crippen LogP contribution in [0.15, 0.2) is 0 Å². The zero-order chi connectivity index (χ0) is 11.4. The second-order valence-electron chi connectivity index (χ2n) is 4.16. The third-order valence-electron chi connectivity index (χ3n) is 1.48. The summed E-state index contributed by atoms with van der Waals surface area (Å²) in [5, 5.41) is 11.8. The average Bonchev–Trinajstić information content (AvgIpc) is 1.99. The van der Waals surface area contributed by atoms with Gasteiger partial charge in [-0.25, -0.2) is 4.79 Å². The van der Waals surface area contributed by atoms with Crippen LogP contribution in [-0.2, 0) is 4.74 Å². The maximum absolute atomic E-state index is 11.2. The van der Waals surface area contributed by atoms with Crippen LogP contribution < -0.4 is 5.32 Å². The van der Waals surface area contributed by atoms with Gasteiger partial charge in [0.1, 0.15) is 5.60 Å². The van der Waals surface area contributed by atoms with Crippen LogP contribution in [0.5, 0.6) is 0 Å². The second-order valence-corrected chi connectivity index (χ2v) is 4.47. The lowest BCUT2D eigenvalue weighted by molar-refractivity contribution is 0.0452. The average molecular weight is 224 g/mol. The number of rotatable bonds is 3. The Hall–Kier alpha value is -0.480. The largest absolute Gasteiger partial charge is 0.444 e. The molecule has 0 rings (SSSR count). The summed E-state index contributed by atoms with van der Waals surface area (Å²) in [5.74, 6) is 0.0803. The highest BCUT2D eigenvalue weighted by Crippen LogP contribution is 2.07.